The summed E-state index contributed by atoms with van der Waals surface area (Å²) < 4.78 is 26.9. The Hall–Kier alpha value is -1.32. The quantitative estimate of drug-likeness (QED) is 0.788. The molecule has 0 saturated heterocycles. The fourth-order valence-corrected chi connectivity index (χ4v) is 2.68. The van der Waals surface area contributed by atoms with Gasteiger partial charge in [0.25, 0.3) is 0 Å². The van der Waals surface area contributed by atoms with Crippen LogP contribution in [-0.4, -0.2) is 6.04 Å². The highest BCUT2D eigenvalue weighted by Gasteiger charge is 2.28. The minimum Gasteiger partial charge on any atom is -0.397 e. The molecule has 1 aliphatic carbocycles. The van der Waals surface area contributed by atoms with Gasteiger partial charge in [-0.1, -0.05) is 26.7 Å². The molecule has 0 heterocycles. The summed E-state index contributed by atoms with van der Waals surface area (Å²) in [6.45, 7) is 4.35. The van der Waals surface area contributed by atoms with Crippen LogP contribution in [0.3, 0.4) is 0 Å². The molecule has 0 aliphatic heterocycles. The Bertz CT molecular complexity index is 434. The van der Waals surface area contributed by atoms with Gasteiger partial charge in [0.1, 0.15) is 0 Å². The SMILES string of the molecule is CC1CCCC(Nc2c(N)ccc(F)c2F)C1C. The second-order valence-corrected chi connectivity index (χ2v) is 5.34. The van der Waals surface area contributed by atoms with Crippen LogP contribution in [0.4, 0.5) is 20.2 Å². The van der Waals surface area contributed by atoms with Crippen molar-refractivity contribution in [2.75, 3.05) is 11.1 Å². The molecule has 18 heavy (non-hydrogen) atoms. The van der Waals surface area contributed by atoms with Crippen LogP contribution in [-0.2, 0) is 0 Å². The van der Waals surface area contributed by atoms with Gasteiger partial charge in [0.2, 0.25) is 0 Å². The smallest absolute Gasteiger partial charge is 0.183 e. The van der Waals surface area contributed by atoms with E-state index in [9.17, 15) is 8.78 Å². The van der Waals surface area contributed by atoms with E-state index in [1.807, 2.05) is 0 Å². The Balaban J connectivity index is 2.21. The van der Waals surface area contributed by atoms with Gasteiger partial charge < -0.3 is 11.1 Å². The Morgan fingerprint density at radius 3 is 2.67 bits per heavy atom. The molecule has 100 valence electrons. The molecule has 1 aromatic carbocycles. The number of hydrogen-bond donors (Lipinski definition) is 2. The summed E-state index contributed by atoms with van der Waals surface area (Å²) in [5.41, 5.74) is 6.09. The molecule has 3 N–H and O–H groups in total. The summed E-state index contributed by atoms with van der Waals surface area (Å²) in [5.74, 6) is -0.710. The van der Waals surface area contributed by atoms with Crippen molar-refractivity contribution in [2.45, 2.75) is 39.2 Å². The molecule has 0 amide bonds. The van der Waals surface area contributed by atoms with Crippen LogP contribution < -0.4 is 11.1 Å². The number of nitrogen functional groups attached to an aromatic ring is 1. The van der Waals surface area contributed by atoms with Crippen LogP contribution in [0.2, 0.25) is 0 Å². The fourth-order valence-electron chi connectivity index (χ4n) is 2.68. The number of rotatable bonds is 2. The highest BCUT2D eigenvalue weighted by molar-refractivity contribution is 5.67. The van der Waals surface area contributed by atoms with Crippen molar-refractivity contribution in [3.63, 3.8) is 0 Å². The first-order chi connectivity index (χ1) is 8.50. The number of benzene rings is 1. The number of halogens is 2. The molecule has 3 unspecified atom stereocenters. The van der Waals surface area contributed by atoms with Crippen molar-refractivity contribution in [2.24, 2.45) is 11.8 Å². The minimum absolute atomic E-state index is 0.112. The van der Waals surface area contributed by atoms with Crippen LogP contribution in [0.25, 0.3) is 0 Å². The maximum atomic E-state index is 13.7. The lowest BCUT2D eigenvalue weighted by atomic mass is 9.78. The average molecular weight is 254 g/mol. The monoisotopic (exact) mass is 254 g/mol. The van der Waals surface area contributed by atoms with E-state index in [2.05, 4.69) is 19.2 Å². The third kappa shape index (κ3) is 2.42. The van der Waals surface area contributed by atoms with E-state index in [1.165, 1.54) is 12.5 Å². The van der Waals surface area contributed by atoms with Gasteiger partial charge in [-0.25, -0.2) is 8.78 Å². The average Bonchev–Trinajstić information content (AvgIpc) is 2.35. The Morgan fingerprint density at radius 1 is 1.22 bits per heavy atom. The maximum Gasteiger partial charge on any atom is 0.183 e. The van der Waals surface area contributed by atoms with Gasteiger partial charge >= 0.3 is 0 Å². The molecule has 0 radical (unpaired) electrons. The molecule has 2 nitrogen and oxygen atoms in total. The van der Waals surface area contributed by atoms with Gasteiger partial charge in [0.15, 0.2) is 11.6 Å². The van der Waals surface area contributed by atoms with Crippen LogP contribution in [0.5, 0.6) is 0 Å². The van der Waals surface area contributed by atoms with Crippen molar-refractivity contribution < 1.29 is 8.78 Å². The molecule has 1 aromatic rings. The van der Waals surface area contributed by atoms with E-state index >= 15 is 0 Å². The van der Waals surface area contributed by atoms with Crippen molar-refractivity contribution in [1.29, 1.82) is 0 Å². The first-order valence-electron chi connectivity index (χ1n) is 6.50. The maximum absolute atomic E-state index is 13.7. The van der Waals surface area contributed by atoms with Crippen LogP contribution in [0, 0.1) is 23.5 Å². The van der Waals surface area contributed by atoms with Crippen LogP contribution >= 0.6 is 0 Å². The standard InChI is InChI=1S/C14H20F2N2/c1-8-4-3-5-12(9(8)2)18-14-11(17)7-6-10(15)13(14)16/h6-9,12,18H,3-5,17H2,1-2H3. The molecule has 0 spiro atoms. The fraction of sp³-hybridized carbons (Fsp3) is 0.571. The van der Waals surface area contributed by atoms with E-state index in [1.54, 1.807) is 0 Å². The Labute approximate surface area is 107 Å². The van der Waals surface area contributed by atoms with Gasteiger partial charge in [-0.15, -0.1) is 0 Å². The summed E-state index contributed by atoms with van der Waals surface area (Å²) >= 11 is 0. The van der Waals surface area contributed by atoms with Gasteiger partial charge in [-0.3, -0.25) is 0 Å². The Morgan fingerprint density at radius 2 is 1.94 bits per heavy atom. The predicted octanol–water partition coefficient (Wildman–Crippen LogP) is 3.78. The Kier molecular flexibility index (Phi) is 3.73. The van der Waals surface area contributed by atoms with Gasteiger partial charge in [0.05, 0.1) is 11.4 Å². The van der Waals surface area contributed by atoms with E-state index in [0.717, 1.165) is 18.9 Å². The summed E-state index contributed by atoms with van der Waals surface area (Å²) in [6, 6.07) is 2.62. The first kappa shape index (κ1) is 13.1. The summed E-state index contributed by atoms with van der Waals surface area (Å²) in [7, 11) is 0. The number of hydrogen-bond acceptors (Lipinski definition) is 2. The third-order valence-electron chi connectivity index (χ3n) is 4.16. The topological polar surface area (TPSA) is 38.0 Å². The molecular weight excluding hydrogens is 234 g/mol. The lowest BCUT2D eigenvalue weighted by molar-refractivity contribution is 0.252. The van der Waals surface area contributed by atoms with Crippen molar-refractivity contribution in [1.82, 2.24) is 0 Å². The van der Waals surface area contributed by atoms with E-state index in [-0.39, 0.29) is 17.4 Å². The zero-order chi connectivity index (χ0) is 13.3. The summed E-state index contributed by atoms with van der Waals surface area (Å²) in [6.07, 6.45) is 3.28. The van der Waals surface area contributed by atoms with E-state index in [4.69, 9.17) is 5.73 Å². The van der Waals surface area contributed by atoms with Crippen molar-refractivity contribution in [3.05, 3.63) is 23.8 Å². The van der Waals surface area contributed by atoms with E-state index < -0.39 is 11.6 Å². The molecule has 1 fully saturated rings. The number of anilines is 2. The predicted molar refractivity (Wildman–Crippen MR) is 70.4 cm³/mol. The zero-order valence-corrected chi connectivity index (χ0v) is 10.8. The van der Waals surface area contributed by atoms with Crippen LogP contribution in [0.15, 0.2) is 12.1 Å². The highest BCUT2D eigenvalue weighted by Crippen LogP contribution is 2.34. The van der Waals surface area contributed by atoms with Gasteiger partial charge in [0, 0.05) is 6.04 Å². The van der Waals surface area contributed by atoms with Gasteiger partial charge in [-0.05, 0) is 30.4 Å². The summed E-state index contributed by atoms with van der Waals surface area (Å²) in [5, 5.41) is 3.10. The number of nitrogens with one attached hydrogen (secondary N) is 1. The zero-order valence-electron chi connectivity index (χ0n) is 10.8. The minimum atomic E-state index is -0.875. The molecule has 4 heteroatoms. The second-order valence-electron chi connectivity index (χ2n) is 5.34. The lowest BCUT2D eigenvalue weighted by Gasteiger charge is -2.35. The van der Waals surface area contributed by atoms with Crippen LogP contribution in [0.1, 0.15) is 33.1 Å². The molecule has 2 rings (SSSR count). The normalized spacial score (nSPS) is 28.1. The molecule has 0 bridgehead atoms. The lowest BCUT2D eigenvalue weighted by Crippen LogP contribution is -2.35. The second kappa shape index (κ2) is 5.12. The van der Waals surface area contributed by atoms with E-state index in [0.29, 0.717) is 11.8 Å². The third-order valence-corrected chi connectivity index (χ3v) is 4.16. The first-order valence-corrected chi connectivity index (χ1v) is 6.50. The molecule has 1 saturated carbocycles. The number of nitrogens with two attached hydrogens (primary N) is 1. The highest BCUT2D eigenvalue weighted by atomic mass is 19.2. The molecule has 0 aromatic heterocycles. The molecule has 1 aliphatic rings. The van der Waals surface area contributed by atoms with Gasteiger partial charge in [-0.2, -0.15) is 0 Å². The van der Waals surface area contributed by atoms with Crippen molar-refractivity contribution in [3.8, 4) is 0 Å². The summed E-state index contributed by atoms with van der Waals surface area (Å²) in [4.78, 5) is 0. The molecule has 3 atom stereocenters. The van der Waals surface area contributed by atoms with Crippen molar-refractivity contribution >= 4 is 11.4 Å². The molecular formula is C14H20F2N2. The largest absolute Gasteiger partial charge is 0.397 e.